The van der Waals surface area contributed by atoms with Crippen LogP contribution in [0.1, 0.15) is 46.2 Å². The average molecular weight is 357 g/mol. The van der Waals surface area contributed by atoms with Gasteiger partial charge in [-0.1, -0.05) is 0 Å². The van der Waals surface area contributed by atoms with E-state index in [0.29, 0.717) is 42.4 Å². The summed E-state index contributed by atoms with van der Waals surface area (Å²) in [5, 5.41) is 3.36. The molecule has 1 saturated heterocycles. The third-order valence-electron chi connectivity index (χ3n) is 4.50. The first-order valence-electron chi connectivity index (χ1n) is 8.81. The number of nitrogens with zero attached hydrogens (tertiary/aromatic N) is 2. The van der Waals surface area contributed by atoms with Crippen molar-refractivity contribution in [1.29, 1.82) is 0 Å². The number of nitrogens with one attached hydrogen (secondary N) is 1. The minimum Gasteiger partial charge on any atom is -0.469 e. The van der Waals surface area contributed by atoms with Crippen molar-refractivity contribution in [1.82, 2.24) is 9.88 Å². The summed E-state index contributed by atoms with van der Waals surface area (Å²) in [6.07, 6.45) is 4.73. The summed E-state index contributed by atoms with van der Waals surface area (Å²) < 4.78 is 10.2. The molecule has 26 heavy (non-hydrogen) atoms. The number of esters is 1. The van der Waals surface area contributed by atoms with Crippen LogP contribution in [0.25, 0.3) is 0 Å². The molecular weight excluding hydrogens is 334 g/mol. The van der Waals surface area contributed by atoms with Crippen LogP contribution in [0.2, 0.25) is 0 Å². The monoisotopic (exact) mass is 357 g/mol. The predicted octanol–water partition coefficient (Wildman–Crippen LogP) is 2.88. The number of likely N-dealkylation sites (tertiary alicyclic amines) is 1. The van der Waals surface area contributed by atoms with Crippen LogP contribution in [0.15, 0.2) is 35.1 Å². The quantitative estimate of drug-likeness (QED) is 0.828. The minimum absolute atomic E-state index is 0.0200. The van der Waals surface area contributed by atoms with Crippen LogP contribution in [0.4, 0.5) is 5.82 Å². The van der Waals surface area contributed by atoms with Gasteiger partial charge in [0.15, 0.2) is 0 Å². The molecule has 0 aromatic carbocycles. The van der Waals surface area contributed by atoms with E-state index in [9.17, 15) is 9.59 Å². The molecule has 7 nitrogen and oxygen atoms in total. The highest BCUT2D eigenvalue weighted by Crippen LogP contribution is 2.19. The second-order valence-electron chi connectivity index (χ2n) is 6.25. The van der Waals surface area contributed by atoms with E-state index in [4.69, 9.17) is 9.15 Å². The largest absolute Gasteiger partial charge is 0.469 e. The Balaban J connectivity index is 1.52. The van der Waals surface area contributed by atoms with E-state index in [-0.39, 0.29) is 17.9 Å². The first-order valence-corrected chi connectivity index (χ1v) is 8.81. The zero-order valence-electron chi connectivity index (χ0n) is 15.0. The van der Waals surface area contributed by atoms with Crippen molar-refractivity contribution in [2.45, 2.75) is 32.7 Å². The molecule has 0 radical (unpaired) electrons. The summed E-state index contributed by atoms with van der Waals surface area (Å²) in [5.41, 5.74) is 1.07. The number of ether oxygens (including phenoxy) is 1. The van der Waals surface area contributed by atoms with Gasteiger partial charge in [0.05, 0.1) is 24.0 Å². The van der Waals surface area contributed by atoms with Gasteiger partial charge in [0.25, 0.3) is 5.91 Å². The van der Waals surface area contributed by atoms with E-state index in [2.05, 4.69) is 10.3 Å². The van der Waals surface area contributed by atoms with E-state index in [1.54, 1.807) is 38.3 Å². The second-order valence-corrected chi connectivity index (χ2v) is 6.25. The Morgan fingerprint density at radius 2 is 2.08 bits per heavy atom. The summed E-state index contributed by atoms with van der Waals surface area (Å²) in [6.45, 7) is 5.28. The SMILES string of the molecule is CCOC(=O)c1ccc(NC2CCN(C(=O)c3ccoc3C)CC2)nc1. The highest BCUT2D eigenvalue weighted by atomic mass is 16.5. The van der Waals surface area contributed by atoms with Gasteiger partial charge in [-0.25, -0.2) is 9.78 Å². The molecule has 0 saturated carbocycles. The van der Waals surface area contributed by atoms with Crippen molar-refractivity contribution >= 4 is 17.7 Å². The molecule has 1 aliphatic heterocycles. The Labute approximate surface area is 152 Å². The Morgan fingerprint density at radius 3 is 2.65 bits per heavy atom. The van der Waals surface area contributed by atoms with E-state index >= 15 is 0 Å². The van der Waals surface area contributed by atoms with Crippen LogP contribution < -0.4 is 5.32 Å². The van der Waals surface area contributed by atoms with Gasteiger partial charge in [0.2, 0.25) is 0 Å². The van der Waals surface area contributed by atoms with Crippen LogP contribution in [-0.2, 0) is 4.74 Å². The molecule has 1 aliphatic rings. The maximum absolute atomic E-state index is 12.5. The van der Waals surface area contributed by atoms with Crippen molar-refractivity contribution in [2.24, 2.45) is 0 Å². The summed E-state index contributed by atoms with van der Waals surface area (Å²) in [7, 11) is 0. The van der Waals surface area contributed by atoms with Gasteiger partial charge in [0.1, 0.15) is 11.6 Å². The number of hydrogen-bond donors (Lipinski definition) is 1. The Hall–Kier alpha value is -2.83. The molecule has 2 aromatic heterocycles. The maximum Gasteiger partial charge on any atom is 0.339 e. The van der Waals surface area contributed by atoms with E-state index in [1.165, 1.54) is 6.20 Å². The molecule has 3 heterocycles. The van der Waals surface area contributed by atoms with Gasteiger partial charge in [-0.05, 0) is 44.9 Å². The van der Waals surface area contributed by atoms with Crippen molar-refractivity contribution in [2.75, 3.05) is 25.0 Å². The number of anilines is 1. The summed E-state index contributed by atoms with van der Waals surface area (Å²) in [6, 6.07) is 5.44. The summed E-state index contributed by atoms with van der Waals surface area (Å²) in [4.78, 5) is 30.3. The van der Waals surface area contributed by atoms with Gasteiger partial charge < -0.3 is 19.4 Å². The normalized spacial score (nSPS) is 14.9. The highest BCUT2D eigenvalue weighted by Gasteiger charge is 2.25. The van der Waals surface area contributed by atoms with Crippen LogP contribution in [-0.4, -0.2) is 47.5 Å². The molecular formula is C19H23N3O4. The van der Waals surface area contributed by atoms with Gasteiger partial charge in [0, 0.05) is 25.3 Å². The molecule has 0 spiro atoms. The van der Waals surface area contributed by atoms with Crippen molar-refractivity contribution in [3.05, 3.63) is 47.5 Å². The van der Waals surface area contributed by atoms with Crippen molar-refractivity contribution < 1.29 is 18.7 Å². The number of amides is 1. The second kappa shape index (κ2) is 8.03. The third-order valence-corrected chi connectivity index (χ3v) is 4.50. The Morgan fingerprint density at radius 1 is 1.31 bits per heavy atom. The number of aromatic nitrogens is 1. The number of hydrogen-bond acceptors (Lipinski definition) is 6. The lowest BCUT2D eigenvalue weighted by molar-refractivity contribution is 0.0525. The third kappa shape index (κ3) is 4.04. The lowest BCUT2D eigenvalue weighted by atomic mass is 10.0. The van der Waals surface area contributed by atoms with Crippen molar-refractivity contribution in [3.63, 3.8) is 0 Å². The van der Waals surface area contributed by atoms with Crippen LogP contribution in [0, 0.1) is 6.92 Å². The van der Waals surface area contributed by atoms with Crippen LogP contribution in [0.5, 0.6) is 0 Å². The zero-order chi connectivity index (χ0) is 18.5. The fourth-order valence-corrected chi connectivity index (χ4v) is 3.03. The Bertz CT molecular complexity index is 761. The standard InChI is InChI=1S/C19H23N3O4/c1-3-25-19(24)14-4-5-17(20-12-14)21-15-6-9-22(10-7-15)18(23)16-8-11-26-13(16)2/h4-5,8,11-12,15H,3,6-7,9-10H2,1-2H3,(H,20,21). The fraction of sp³-hybridized carbons (Fsp3) is 0.421. The topological polar surface area (TPSA) is 84.7 Å². The highest BCUT2D eigenvalue weighted by molar-refractivity contribution is 5.95. The molecule has 7 heteroatoms. The first-order chi connectivity index (χ1) is 12.6. The zero-order valence-corrected chi connectivity index (χ0v) is 15.0. The number of piperidine rings is 1. The smallest absolute Gasteiger partial charge is 0.339 e. The average Bonchev–Trinajstić information content (AvgIpc) is 3.08. The number of aryl methyl sites for hydroxylation is 1. The molecule has 0 atom stereocenters. The minimum atomic E-state index is -0.368. The molecule has 2 aromatic rings. The molecule has 0 aliphatic carbocycles. The van der Waals surface area contributed by atoms with Gasteiger partial charge in [-0.2, -0.15) is 0 Å². The fourth-order valence-electron chi connectivity index (χ4n) is 3.03. The number of furan rings is 1. The van der Waals surface area contributed by atoms with Crippen LogP contribution >= 0.6 is 0 Å². The number of carbonyl (C=O) groups excluding carboxylic acids is 2. The predicted molar refractivity (Wildman–Crippen MR) is 96.2 cm³/mol. The molecule has 138 valence electrons. The molecule has 1 fully saturated rings. The van der Waals surface area contributed by atoms with E-state index < -0.39 is 0 Å². The Kier molecular flexibility index (Phi) is 5.55. The number of carbonyl (C=O) groups is 2. The van der Waals surface area contributed by atoms with E-state index in [0.717, 1.165) is 12.8 Å². The lowest BCUT2D eigenvalue weighted by Gasteiger charge is -2.32. The van der Waals surface area contributed by atoms with Crippen LogP contribution in [0.3, 0.4) is 0 Å². The van der Waals surface area contributed by atoms with Gasteiger partial charge >= 0.3 is 5.97 Å². The van der Waals surface area contributed by atoms with Crippen molar-refractivity contribution in [3.8, 4) is 0 Å². The lowest BCUT2D eigenvalue weighted by Crippen LogP contribution is -2.42. The molecule has 0 unspecified atom stereocenters. The van der Waals surface area contributed by atoms with E-state index in [1.807, 2.05) is 4.90 Å². The maximum atomic E-state index is 12.5. The summed E-state index contributed by atoms with van der Waals surface area (Å²) in [5.74, 6) is 1.02. The molecule has 1 N–H and O–H groups in total. The first kappa shape index (κ1) is 18.0. The van der Waals surface area contributed by atoms with Gasteiger partial charge in [-0.15, -0.1) is 0 Å². The molecule has 0 bridgehead atoms. The number of rotatable bonds is 5. The van der Waals surface area contributed by atoms with Gasteiger partial charge in [-0.3, -0.25) is 4.79 Å². The number of pyridine rings is 1. The summed E-state index contributed by atoms with van der Waals surface area (Å²) >= 11 is 0. The molecule has 3 rings (SSSR count). The molecule has 1 amide bonds.